The zero-order valence-corrected chi connectivity index (χ0v) is 12.0. The summed E-state index contributed by atoms with van der Waals surface area (Å²) >= 11 is 0. The average Bonchev–Trinajstić information content (AvgIpc) is 2.84. The number of phenolic OH excluding ortho intramolecular Hbond substituents is 1. The third-order valence-corrected chi connectivity index (χ3v) is 4.02. The highest BCUT2D eigenvalue weighted by atomic mass is 16.5. The van der Waals surface area contributed by atoms with Crippen LogP contribution in [-0.2, 0) is 6.54 Å². The SMILES string of the molecule is COc1cccc(C(=O)N2Cc3ccccc3[C@H]2C)c1O. The van der Waals surface area contributed by atoms with Crippen LogP contribution in [0.3, 0.4) is 0 Å². The predicted molar refractivity (Wildman–Crippen MR) is 79.4 cm³/mol. The van der Waals surface area contributed by atoms with Crippen LogP contribution in [0.5, 0.6) is 11.5 Å². The van der Waals surface area contributed by atoms with Crippen molar-refractivity contribution >= 4 is 5.91 Å². The minimum atomic E-state index is -0.185. The van der Waals surface area contributed by atoms with Crippen molar-refractivity contribution < 1.29 is 14.6 Å². The first-order valence-electron chi connectivity index (χ1n) is 6.88. The minimum absolute atomic E-state index is 0.000647. The molecule has 0 spiro atoms. The van der Waals surface area contributed by atoms with Gasteiger partial charge in [-0.1, -0.05) is 30.3 Å². The van der Waals surface area contributed by atoms with Crippen LogP contribution in [0, 0.1) is 0 Å². The van der Waals surface area contributed by atoms with Gasteiger partial charge in [-0.2, -0.15) is 0 Å². The normalized spacial score (nSPS) is 16.7. The molecule has 4 heteroatoms. The molecule has 0 aliphatic carbocycles. The van der Waals surface area contributed by atoms with E-state index in [1.807, 2.05) is 31.2 Å². The molecule has 0 radical (unpaired) electrons. The van der Waals surface area contributed by atoms with Crippen LogP contribution < -0.4 is 4.74 Å². The first-order chi connectivity index (χ1) is 10.1. The summed E-state index contributed by atoms with van der Waals surface area (Å²) in [6, 6.07) is 13.0. The Hall–Kier alpha value is -2.49. The van der Waals surface area contributed by atoms with E-state index >= 15 is 0 Å². The predicted octanol–water partition coefficient (Wildman–Crippen LogP) is 3.12. The Kier molecular flexibility index (Phi) is 3.29. The molecule has 0 saturated carbocycles. The van der Waals surface area contributed by atoms with Gasteiger partial charge in [-0.05, 0) is 30.2 Å². The topological polar surface area (TPSA) is 49.8 Å². The van der Waals surface area contributed by atoms with Crippen LogP contribution in [0.2, 0.25) is 0 Å². The maximum absolute atomic E-state index is 12.7. The number of para-hydroxylation sites is 1. The summed E-state index contributed by atoms with van der Waals surface area (Å²) in [5.41, 5.74) is 2.59. The fourth-order valence-electron chi connectivity index (χ4n) is 2.84. The Morgan fingerprint density at radius 3 is 2.71 bits per heavy atom. The van der Waals surface area contributed by atoms with E-state index in [2.05, 4.69) is 0 Å². The minimum Gasteiger partial charge on any atom is -0.504 e. The average molecular weight is 283 g/mol. The number of carbonyl (C=O) groups is 1. The molecule has 2 aromatic carbocycles. The fraction of sp³-hybridized carbons (Fsp3) is 0.235. The highest BCUT2D eigenvalue weighted by Gasteiger charge is 2.32. The van der Waals surface area contributed by atoms with E-state index in [9.17, 15) is 9.90 Å². The van der Waals surface area contributed by atoms with Crippen molar-refractivity contribution in [3.63, 3.8) is 0 Å². The van der Waals surface area contributed by atoms with Crippen LogP contribution in [-0.4, -0.2) is 23.0 Å². The molecule has 1 atom stereocenters. The van der Waals surface area contributed by atoms with E-state index in [-0.39, 0.29) is 23.3 Å². The summed E-state index contributed by atoms with van der Waals surface area (Å²) < 4.78 is 5.07. The van der Waals surface area contributed by atoms with Crippen molar-refractivity contribution in [2.24, 2.45) is 0 Å². The molecule has 2 aromatic rings. The van der Waals surface area contributed by atoms with Gasteiger partial charge >= 0.3 is 0 Å². The van der Waals surface area contributed by atoms with E-state index in [0.29, 0.717) is 12.3 Å². The van der Waals surface area contributed by atoms with Crippen molar-refractivity contribution in [3.05, 3.63) is 59.2 Å². The second-order valence-electron chi connectivity index (χ2n) is 5.16. The summed E-state index contributed by atoms with van der Waals surface area (Å²) in [4.78, 5) is 14.5. The van der Waals surface area contributed by atoms with Crippen LogP contribution in [0.25, 0.3) is 0 Å². The van der Waals surface area contributed by atoms with E-state index in [1.165, 1.54) is 7.11 Å². The molecule has 1 aliphatic rings. The second kappa shape index (κ2) is 5.13. The number of nitrogens with zero attached hydrogens (tertiary/aromatic N) is 1. The Balaban J connectivity index is 1.95. The van der Waals surface area contributed by atoms with Gasteiger partial charge in [0.25, 0.3) is 5.91 Å². The van der Waals surface area contributed by atoms with Gasteiger partial charge in [0.05, 0.1) is 18.7 Å². The monoisotopic (exact) mass is 283 g/mol. The number of phenols is 1. The van der Waals surface area contributed by atoms with Gasteiger partial charge in [-0.25, -0.2) is 0 Å². The molecule has 0 fully saturated rings. The van der Waals surface area contributed by atoms with Crippen LogP contribution >= 0.6 is 0 Å². The highest BCUT2D eigenvalue weighted by Crippen LogP contribution is 2.37. The first-order valence-corrected chi connectivity index (χ1v) is 6.88. The summed E-state index contributed by atoms with van der Waals surface area (Å²) in [6.45, 7) is 2.56. The number of aromatic hydroxyl groups is 1. The van der Waals surface area contributed by atoms with Crippen LogP contribution in [0.1, 0.15) is 34.5 Å². The summed E-state index contributed by atoms with van der Waals surface area (Å²) in [5, 5.41) is 10.2. The van der Waals surface area contributed by atoms with E-state index in [1.54, 1.807) is 23.1 Å². The summed E-state index contributed by atoms with van der Waals surface area (Å²) in [5.74, 6) is 0.0217. The van der Waals surface area contributed by atoms with Crippen LogP contribution in [0.4, 0.5) is 0 Å². The third-order valence-electron chi connectivity index (χ3n) is 4.02. The number of carbonyl (C=O) groups excluding carboxylic acids is 1. The Morgan fingerprint density at radius 1 is 1.24 bits per heavy atom. The molecule has 0 aromatic heterocycles. The molecular weight excluding hydrogens is 266 g/mol. The number of benzene rings is 2. The zero-order valence-electron chi connectivity index (χ0n) is 12.0. The van der Waals surface area contributed by atoms with Crippen molar-refractivity contribution in [2.45, 2.75) is 19.5 Å². The number of amides is 1. The quantitative estimate of drug-likeness (QED) is 0.921. The molecule has 108 valence electrons. The number of fused-ring (bicyclic) bond motifs is 1. The van der Waals surface area contributed by atoms with Gasteiger partial charge in [0.2, 0.25) is 0 Å². The Labute approximate surface area is 123 Å². The lowest BCUT2D eigenvalue weighted by Gasteiger charge is -2.22. The number of ether oxygens (including phenoxy) is 1. The lowest BCUT2D eigenvalue weighted by Crippen LogP contribution is -2.28. The Bertz CT molecular complexity index is 696. The standard InChI is InChI=1S/C17H17NO3/c1-11-13-7-4-3-6-12(13)10-18(11)17(20)14-8-5-9-15(21-2)16(14)19/h3-9,11,19H,10H2,1-2H3/t11-/m1/s1. The molecule has 1 heterocycles. The molecule has 1 N–H and O–H groups in total. The molecule has 0 unspecified atom stereocenters. The largest absolute Gasteiger partial charge is 0.504 e. The molecule has 1 amide bonds. The van der Waals surface area contributed by atoms with Gasteiger partial charge in [-0.3, -0.25) is 4.79 Å². The first kappa shape index (κ1) is 13.5. The molecule has 4 nitrogen and oxygen atoms in total. The smallest absolute Gasteiger partial charge is 0.258 e. The number of rotatable bonds is 2. The lowest BCUT2D eigenvalue weighted by molar-refractivity contribution is 0.0701. The van der Waals surface area contributed by atoms with Gasteiger partial charge < -0.3 is 14.7 Å². The van der Waals surface area contributed by atoms with E-state index in [4.69, 9.17) is 4.74 Å². The lowest BCUT2D eigenvalue weighted by atomic mass is 10.1. The Morgan fingerprint density at radius 2 is 2.00 bits per heavy atom. The van der Waals surface area contributed by atoms with Gasteiger partial charge in [0, 0.05) is 6.54 Å². The summed E-state index contributed by atoms with van der Waals surface area (Å²) in [6.07, 6.45) is 0. The van der Waals surface area contributed by atoms with Crippen molar-refractivity contribution in [2.75, 3.05) is 7.11 Å². The van der Waals surface area contributed by atoms with E-state index in [0.717, 1.165) is 11.1 Å². The molecule has 21 heavy (non-hydrogen) atoms. The van der Waals surface area contributed by atoms with Gasteiger partial charge in [0.1, 0.15) is 0 Å². The van der Waals surface area contributed by atoms with Crippen molar-refractivity contribution in [1.82, 2.24) is 4.90 Å². The summed E-state index contributed by atoms with van der Waals surface area (Å²) in [7, 11) is 1.47. The molecule has 3 rings (SSSR count). The zero-order chi connectivity index (χ0) is 15.0. The van der Waals surface area contributed by atoms with Crippen molar-refractivity contribution in [1.29, 1.82) is 0 Å². The van der Waals surface area contributed by atoms with E-state index < -0.39 is 0 Å². The van der Waals surface area contributed by atoms with Gasteiger partial charge in [0.15, 0.2) is 11.5 Å². The highest BCUT2D eigenvalue weighted by molar-refractivity contribution is 5.98. The maximum atomic E-state index is 12.7. The van der Waals surface area contributed by atoms with Crippen molar-refractivity contribution in [3.8, 4) is 11.5 Å². The van der Waals surface area contributed by atoms with Crippen LogP contribution in [0.15, 0.2) is 42.5 Å². The maximum Gasteiger partial charge on any atom is 0.258 e. The third kappa shape index (κ3) is 2.13. The second-order valence-corrected chi connectivity index (χ2v) is 5.16. The molecular formula is C17H17NO3. The fourth-order valence-corrected chi connectivity index (χ4v) is 2.84. The molecule has 1 aliphatic heterocycles. The number of methoxy groups -OCH3 is 1. The number of hydrogen-bond acceptors (Lipinski definition) is 3. The number of hydrogen-bond donors (Lipinski definition) is 1. The molecule has 0 saturated heterocycles. The molecule has 0 bridgehead atoms. The van der Waals surface area contributed by atoms with Gasteiger partial charge in [-0.15, -0.1) is 0 Å².